The Morgan fingerprint density at radius 1 is 0.895 bits per heavy atom. The number of esters is 2. The third kappa shape index (κ3) is 5.32. The van der Waals surface area contributed by atoms with E-state index in [1.165, 1.54) is 0 Å². The Morgan fingerprint density at radius 2 is 1.16 bits per heavy atom. The highest BCUT2D eigenvalue weighted by molar-refractivity contribution is 7.23. The van der Waals surface area contributed by atoms with Crippen LogP contribution in [-0.2, 0) is 19.1 Å². The molecular formula is C14H25O4P. The molecule has 0 bridgehead atoms. The monoisotopic (exact) mass is 288 g/mol. The first-order valence-electron chi connectivity index (χ1n) is 6.12. The van der Waals surface area contributed by atoms with Crippen LogP contribution in [0.2, 0.25) is 0 Å². The second-order valence-corrected chi connectivity index (χ2v) is 7.46. The van der Waals surface area contributed by atoms with Crippen LogP contribution in [0.25, 0.3) is 0 Å². The zero-order chi connectivity index (χ0) is 15.6. The fourth-order valence-electron chi connectivity index (χ4n) is 1.15. The van der Waals surface area contributed by atoms with Gasteiger partial charge in [-0.15, -0.1) is 9.24 Å². The Balaban J connectivity index is 5.33. The van der Waals surface area contributed by atoms with Crippen LogP contribution in [0.5, 0.6) is 0 Å². The molecule has 0 aliphatic carbocycles. The predicted molar refractivity (Wildman–Crippen MR) is 78.9 cm³/mol. The summed E-state index contributed by atoms with van der Waals surface area (Å²) in [6, 6.07) is 0. The lowest BCUT2D eigenvalue weighted by Crippen LogP contribution is -2.48. The van der Waals surface area contributed by atoms with E-state index in [9.17, 15) is 9.59 Å². The van der Waals surface area contributed by atoms with E-state index >= 15 is 0 Å². The van der Waals surface area contributed by atoms with E-state index in [2.05, 4.69) is 15.8 Å². The molecule has 0 aromatic heterocycles. The Morgan fingerprint density at radius 3 is 1.32 bits per heavy atom. The van der Waals surface area contributed by atoms with E-state index in [-0.39, 0.29) is 0 Å². The lowest BCUT2D eigenvalue weighted by atomic mass is 10.00. The molecule has 0 aromatic rings. The number of ether oxygens (including phenoxy) is 2. The molecule has 4 nitrogen and oxygen atoms in total. The van der Waals surface area contributed by atoms with Crippen LogP contribution in [0.15, 0.2) is 12.2 Å². The van der Waals surface area contributed by atoms with Crippen LogP contribution in [0, 0.1) is 0 Å². The van der Waals surface area contributed by atoms with Gasteiger partial charge in [-0.05, 0) is 54.0 Å². The van der Waals surface area contributed by atoms with Gasteiger partial charge in [-0.1, -0.05) is 6.58 Å². The van der Waals surface area contributed by atoms with Gasteiger partial charge in [-0.2, -0.15) is 0 Å². The average molecular weight is 288 g/mol. The van der Waals surface area contributed by atoms with Gasteiger partial charge in [0.05, 0.1) is 0 Å². The van der Waals surface area contributed by atoms with E-state index in [4.69, 9.17) is 9.47 Å². The molecule has 5 heteroatoms. The van der Waals surface area contributed by atoms with Crippen LogP contribution < -0.4 is 0 Å². The lowest BCUT2D eigenvalue weighted by molar-refractivity contribution is -0.169. The summed E-state index contributed by atoms with van der Waals surface area (Å²) in [7, 11) is 2.22. The van der Waals surface area contributed by atoms with Gasteiger partial charge in [0.15, 0.2) is 5.16 Å². The normalized spacial score (nSPS) is 12.8. The Bertz CT molecular complexity index is 357. The maximum Gasteiger partial charge on any atom is 0.332 e. The minimum absolute atomic E-state index is 0.362. The van der Waals surface area contributed by atoms with Crippen LogP contribution >= 0.6 is 9.24 Å². The summed E-state index contributed by atoms with van der Waals surface area (Å²) in [5.74, 6) is -1.35. The highest BCUT2D eigenvalue weighted by Gasteiger charge is 2.48. The van der Waals surface area contributed by atoms with Crippen molar-refractivity contribution in [3.05, 3.63) is 12.2 Å². The van der Waals surface area contributed by atoms with Crippen LogP contribution in [0.1, 0.15) is 48.5 Å². The topological polar surface area (TPSA) is 52.6 Å². The number of rotatable bonds is 3. The summed E-state index contributed by atoms with van der Waals surface area (Å²) < 4.78 is 10.6. The summed E-state index contributed by atoms with van der Waals surface area (Å²) in [5, 5.41) is -1.57. The first-order valence-corrected chi connectivity index (χ1v) is 6.69. The molecule has 1 atom stereocenters. The van der Waals surface area contributed by atoms with Crippen molar-refractivity contribution in [2.75, 3.05) is 0 Å². The summed E-state index contributed by atoms with van der Waals surface area (Å²) in [6.45, 7) is 15.7. The zero-order valence-electron chi connectivity index (χ0n) is 12.9. The van der Waals surface area contributed by atoms with Crippen LogP contribution in [-0.4, -0.2) is 28.3 Å². The van der Waals surface area contributed by atoms with Gasteiger partial charge >= 0.3 is 11.9 Å². The molecule has 0 N–H and O–H groups in total. The fraction of sp³-hybridized carbons (Fsp3) is 0.714. The van der Waals surface area contributed by atoms with Crippen molar-refractivity contribution in [2.45, 2.75) is 64.8 Å². The number of carbonyl (C=O) groups is 2. The van der Waals surface area contributed by atoms with Crippen molar-refractivity contribution in [1.82, 2.24) is 0 Å². The fourth-order valence-corrected chi connectivity index (χ4v) is 1.27. The molecule has 0 saturated carbocycles. The molecule has 19 heavy (non-hydrogen) atoms. The summed E-state index contributed by atoms with van der Waals surface area (Å²) in [6.07, 6.45) is 0. The summed E-state index contributed by atoms with van der Waals surface area (Å²) >= 11 is 0. The number of hydrogen-bond donors (Lipinski definition) is 0. The Hall–Kier alpha value is -0.890. The molecule has 0 fully saturated rings. The van der Waals surface area contributed by atoms with Gasteiger partial charge in [-0.3, -0.25) is 9.59 Å². The summed E-state index contributed by atoms with van der Waals surface area (Å²) in [5.41, 5.74) is -1.01. The first-order chi connectivity index (χ1) is 8.20. The quantitative estimate of drug-likeness (QED) is 0.347. The molecule has 0 radical (unpaired) electrons. The SMILES string of the molecule is C=C(C)C(P)(C(=O)OC(C)(C)C)C(=O)OC(C)(C)C. The molecule has 1 unspecified atom stereocenters. The molecule has 0 heterocycles. The van der Waals surface area contributed by atoms with Crippen molar-refractivity contribution in [1.29, 1.82) is 0 Å². The molecule has 0 aliphatic rings. The second kappa shape index (κ2) is 5.62. The lowest BCUT2D eigenvalue weighted by Gasteiger charge is -2.32. The molecular weight excluding hydrogens is 263 g/mol. The average Bonchev–Trinajstić information content (AvgIpc) is 2.09. The minimum Gasteiger partial charge on any atom is -0.459 e. The van der Waals surface area contributed by atoms with Crippen LogP contribution in [0.4, 0.5) is 0 Å². The third-order valence-corrected chi connectivity index (χ3v) is 3.08. The molecule has 0 aromatic carbocycles. The minimum atomic E-state index is -1.57. The molecule has 0 rings (SSSR count). The highest BCUT2D eigenvalue weighted by atomic mass is 31.0. The Kier molecular flexibility index (Phi) is 5.36. The van der Waals surface area contributed by atoms with Crippen molar-refractivity contribution >= 4 is 21.2 Å². The molecule has 0 spiro atoms. The van der Waals surface area contributed by atoms with Gasteiger partial charge in [0.25, 0.3) is 0 Å². The van der Waals surface area contributed by atoms with E-state index in [1.54, 1.807) is 48.5 Å². The highest BCUT2D eigenvalue weighted by Crippen LogP contribution is 2.33. The molecule has 0 saturated heterocycles. The standard InChI is InChI=1S/C14H25O4P/c1-9(2)14(19,10(15)17-12(3,4)5)11(16)18-13(6,7)8/h1,19H2,2-8H3. The number of hydrogen-bond acceptors (Lipinski definition) is 4. The van der Waals surface area contributed by atoms with Gasteiger partial charge in [-0.25, -0.2) is 0 Å². The van der Waals surface area contributed by atoms with Crippen molar-refractivity contribution in [2.24, 2.45) is 0 Å². The molecule has 0 aliphatic heterocycles. The first kappa shape index (κ1) is 18.1. The van der Waals surface area contributed by atoms with E-state index in [0.717, 1.165) is 0 Å². The maximum absolute atomic E-state index is 12.2. The van der Waals surface area contributed by atoms with E-state index < -0.39 is 28.3 Å². The second-order valence-electron chi connectivity index (χ2n) is 6.59. The van der Waals surface area contributed by atoms with Crippen molar-refractivity contribution in [3.8, 4) is 0 Å². The van der Waals surface area contributed by atoms with Crippen molar-refractivity contribution < 1.29 is 19.1 Å². The maximum atomic E-state index is 12.2. The van der Waals surface area contributed by atoms with Gasteiger partial charge < -0.3 is 9.47 Å². The molecule has 0 amide bonds. The zero-order valence-corrected chi connectivity index (χ0v) is 14.1. The third-order valence-electron chi connectivity index (χ3n) is 2.11. The van der Waals surface area contributed by atoms with Gasteiger partial charge in [0.2, 0.25) is 0 Å². The smallest absolute Gasteiger partial charge is 0.332 e. The van der Waals surface area contributed by atoms with Crippen LogP contribution in [0.3, 0.4) is 0 Å². The van der Waals surface area contributed by atoms with Gasteiger partial charge in [0.1, 0.15) is 11.2 Å². The summed E-state index contributed by atoms with van der Waals surface area (Å²) in [4.78, 5) is 24.5. The van der Waals surface area contributed by atoms with Gasteiger partial charge in [0, 0.05) is 0 Å². The largest absolute Gasteiger partial charge is 0.459 e. The van der Waals surface area contributed by atoms with Crippen molar-refractivity contribution in [3.63, 3.8) is 0 Å². The number of carbonyl (C=O) groups excluding carboxylic acids is 2. The molecule has 110 valence electrons. The van der Waals surface area contributed by atoms with E-state index in [0.29, 0.717) is 5.57 Å². The predicted octanol–water partition coefficient (Wildman–Crippen LogP) is 2.86. The van der Waals surface area contributed by atoms with E-state index in [1.807, 2.05) is 0 Å². The Labute approximate surface area is 118 Å².